The van der Waals surface area contributed by atoms with Gasteiger partial charge in [-0.25, -0.2) is 8.42 Å². The molecule has 0 aliphatic carbocycles. The first-order chi connectivity index (χ1) is 9.87. The summed E-state index contributed by atoms with van der Waals surface area (Å²) in [4.78, 5) is 13.6. The number of benzene rings is 1. The predicted octanol–water partition coefficient (Wildman–Crippen LogP) is 1.61. The van der Waals surface area contributed by atoms with E-state index < -0.39 is 15.8 Å². The van der Waals surface area contributed by atoms with Crippen molar-refractivity contribution in [1.29, 1.82) is 0 Å². The van der Waals surface area contributed by atoms with Crippen molar-refractivity contribution in [2.45, 2.75) is 6.42 Å². The highest BCUT2D eigenvalue weighted by Crippen LogP contribution is 2.20. The standard InChI is InChI=1S/C14H18ClNO4S/c1-16(14(17)11-6-9-21(18,19)10-11)7-8-20-13-4-2-12(15)3-5-13/h2-5,11H,6-10H2,1H3. The molecule has 1 atom stereocenters. The number of halogens is 1. The Morgan fingerprint density at radius 2 is 2.05 bits per heavy atom. The zero-order chi connectivity index (χ0) is 15.5. The number of sulfone groups is 1. The summed E-state index contributed by atoms with van der Waals surface area (Å²) in [5.41, 5.74) is 0. The molecule has 0 bridgehead atoms. The molecule has 1 aromatic rings. The molecule has 1 aliphatic heterocycles. The molecule has 1 unspecified atom stereocenters. The molecule has 0 aromatic heterocycles. The molecular weight excluding hydrogens is 314 g/mol. The average Bonchev–Trinajstić information content (AvgIpc) is 2.80. The Labute approximate surface area is 129 Å². The summed E-state index contributed by atoms with van der Waals surface area (Å²) >= 11 is 5.78. The van der Waals surface area contributed by atoms with Crippen molar-refractivity contribution < 1.29 is 17.9 Å². The molecule has 1 fully saturated rings. The summed E-state index contributed by atoms with van der Waals surface area (Å²) in [6.07, 6.45) is 0.420. The maximum Gasteiger partial charge on any atom is 0.226 e. The van der Waals surface area contributed by atoms with Crippen LogP contribution in [0.15, 0.2) is 24.3 Å². The molecule has 0 radical (unpaired) electrons. The number of ether oxygens (including phenoxy) is 1. The van der Waals surface area contributed by atoms with E-state index in [2.05, 4.69) is 0 Å². The van der Waals surface area contributed by atoms with E-state index in [-0.39, 0.29) is 17.4 Å². The second kappa shape index (κ2) is 6.66. The number of hydrogen-bond acceptors (Lipinski definition) is 4. The first kappa shape index (κ1) is 16.1. The van der Waals surface area contributed by atoms with E-state index in [9.17, 15) is 13.2 Å². The van der Waals surface area contributed by atoms with E-state index in [1.165, 1.54) is 4.90 Å². The topological polar surface area (TPSA) is 63.7 Å². The molecule has 2 rings (SSSR count). The van der Waals surface area contributed by atoms with E-state index in [0.29, 0.717) is 30.3 Å². The highest BCUT2D eigenvalue weighted by atomic mass is 35.5. The van der Waals surface area contributed by atoms with Gasteiger partial charge in [-0.3, -0.25) is 4.79 Å². The minimum Gasteiger partial charge on any atom is -0.492 e. The van der Waals surface area contributed by atoms with Crippen LogP contribution in [0, 0.1) is 5.92 Å². The first-order valence-corrected chi connectivity index (χ1v) is 8.91. The molecule has 1 aliphatic rings. The van der Waals surface area contributed by atoms with Crippen LogP contribution >= 0.6 is 11.6 Å². The van der Waals surface area contributed by atoms with E-state index in [0.717, 1.165) is 0 Å². The third kappa shape index (κ3) is 4.61. The first-order valence-electron chi connectivity index (χ1n) is 6.71. The van der Waals surface area contributed by atoms with Crippen LogP contribution in [0.1, 0.15) is 6.42 Å². The highest BCUT2D eigenvalue weighted by molar-refractivity contribution is 7.91. The van der Waals surface area contributed by atoms with Gasteiger partial charge in [0.05, 0.1) is 24.0 Å². The number of rotatable bonds is 5. The Morgan fingerprint density at radius 1 is 1.38 bits per heavy atom. The van der Waals surface area contributed by atoms with Gasteiger partial charge in [-0.1, -0.05) is 11.6 Å². The average molecular weight is 332 g/mol. The molecule has 1 saturated heterocycles. The number of carbonyl (C=O) groups excluding carboxylic acids is 1. The number of amides is 1. The highest BCUT2D eigenvalue weighted by Gasteiger charge is 2.34. The van der Waals surface area contributed by atoms with E-state index in [4.69, 9.17) is 16.3 Å². The smallest absolute Gasteiger partial charge is 0.226 e. The van der Waals surface area contributed by atoms with Crippen LogP contribution in [-0.4, -0.2) is 50.9 Å². The summed E-state index contributed by atoms with van der Waals surface area (Å²) in [7, 11) is -1.37. The quantitative estimate of drug-likeness (QED) is 0.822. The lowest BCUT2D eigenvalue weighted by Crippen LogP contribution is -2.36. The van der Waals surface area contributed by atoms with Crippen molar-refractivity contribution >= 4 is 27.3 Å². The van der Waals surface area contributed by atoms with E-state index in [1.54, 1.807) is 31.3 Å². The molecule has 7 heteroatoms. The van der Waals surface area contributed by atoms with Gasteiger partial charge in [0.15, 0.2) is 9.84 Å². The lowest BCUT2D eigenvalue weighted by atomic mass is 10.1. The minimum absolute atomic E-state index is 0.0335. The van der Waals surface area contributed by atoms with Gasteiger partial charge in [0.25, 0.3) is 0 Å². The predicted molar refractivity (Wildman–Crippen MR) is 81.3 cm³/mol. The third-order valence-corrected chi connectivity index (χ3v) is 5.49. The van der Waals surface area contributed by atoms with Crippen LogP contribution < -0.4 is 4.74 Å². The maximum atomic E-state index is 12.1. The molecule has 5 nitrogen and oxygen atoms in total. The van der Waals surface area contributed by atoms with Gasteiger partial charge in [0.1, 0.15) is 12.4 Å². The van der Waals surface area contributed by atoms with Crippen LogP contribution in [-0.2, 0) is 14.6 Å². The maximum absolute atomic E-state index is 12.1. The fraction of sp³-hybridized carbons (Fsp3) is 0.500. The van der Waals surface area contributed by atoms with Crippen molar-refractivity contribution in [3.63, 3.8) is 0 Å². The number of likely N-dealkylation sites (N-methyl/N-ethyl adjacent to an activating group) is 1. The van der Waals surface area contributed by atoms with Crippen molar-refractivity contribution in [2.24, 2.45) is 5.92 Å². The zero-order valence-corrected chi connectivity index (χ0v) is 13.4. The normalized spacial score (nSPS) is 20.2. The van der Waals surface area contributed by atoms with Crippen molar-refractivity contribution in [1.82, 2.24) is 4.90 Å². The van der Waals surface area contributed by atoms with Gasteiger partial charge < -0.3 is 9.64 Å². The molecule has 116 valence electrons. The SMILES string of the molecule is CN(CCOc1ccc(Cl)cc1)C(=O)C1CCS(=O)(=O)C1. The molecule has 0 spiro atoms. The number of hydrogen-bond donors (Lipinski definition) is 0. The van der Waals surface area contributed by atoms with Crippen molar-refractivity contribution in [2.75, 3.05) is 31.7 Å². The molecule has 1 heterocycles. The van der Waals surface area contributed by atoms with E-state index in [1.807, 2.05) is 0 Å². The zero-order valence-electron chi connectivity index (χ0n) is 11.8. The van der Waals surface area contributed by atoms with Gasteiger partial charge in [0, 0.05) is 12.1 Å². The Hall–Kier alpha value is -1.27. The number of carbonyl (C=O) groups is 1. The van der Waals surface area contributed by atoms with E-state index >= 15 is 0 Å². The Balaban J connectivity index is 1.78. The van der Waals surface area contributed by atoms with Crippen LogP contribution in [0.5, 0.6) is 5.75 Å². The van der Waals surface area contributed by atoms with Crippen LogP contribution in [0.3, 0.4) is 0 Å². The molecule has 0 N–H and O–H groups in total. The van der Waals surface area contributed by atoms with Crippen molar-refractivity contribution in [3.05, 3.63) is 29.3 Å². The van der Waals surface area contributed by atoms with Crippen molar-refractivity contribution in [3.8, 4) is 5.75 Å². The number of nitrogens with zero attached hydrogens (tertiary/aromatic N) is 1. The van der Waals surface area contributed by atoms with Crippen LogP contribution in [0.4, 0.5) is 0 Å². The molecule has 0 saturated carbocycles. The van der Waals surface area contributed by atoms with Gasteiger partial charge >= 0.3 is 0 Å². The summed E-state index contributed by atoms with van der Waals surface area (Å²) < 4.78 is 28.3. The molecular formula is C14H18ClNO4S. The fourth-order valence-corrected chi connectivity index (χ4v) is 4.10. The Morgan fingerprint density at radius 3 is 2.62 bits per heavy atom. The third-order valence-electron chi connectivity index (χ3n) is 3.47. The summed E-state index contributed by atoms with van der Waals surface area (Å²) in [5, 5.41) is 0.636. The van der Waals surface area contributed by atoms with Gasteiger partial charge in [-0.15, -0.1) is 0 Å². The summed E-state index contributed by atoms with van der Waals surface area (Å²) in [6, 6.07) is 6.98. The van der Waals surface area contributed by atoms with Gasteiger partial charge in [0.2, 0.25) is 5.91 Å². The fourth-order valence-electron chi connectivity index (χ4n) is 2.24. The Bertz CT molecular complexity index is 600. The van der Waals surface area contributed by atoms with Crippen LogP contribution in [0.25, 0.3) is 0 Å². The molecule has 21 heavy (non-hydrogen) atoms. The second-order valence-electron chi connectivity index (χ2n) is 5.16. The monoisotopic (exact) mass is 331 g/mol. The van der Waals surface area contributed by atoms with Gasteiger partial charge in [-0.2, -0.15) is 0 Å². The largest absolute Gasteiger partial charge is 0.492 e. The molecule has 1 amide bonds. The second-order valence-corrected chi connectivity index (χ2v) is 7.83. The lowest BCUT2D eigenvalue weighted by molar-refractivity contribution is -0.133. The van der Waals surface area contributed by atoms with Gasteiger partial charge in [-0.05, 0) is 30.7 Å². The lowest BCUT2D eigenvalue weighted by Gasteiger charge is -2.20. The summed E-state index contributed by atoms with van der Waals surface area (Å²) in [6.45, 7) is 0.765. The van der Waals surface area contributed by atoms with Crippen LogP contribution in [0.2, 0.25) is 5.02 Å². The Kier molecular flexibility index (Phi) is 5.11. The minimum atomic E-state index is -3.03. The molecule has 1 aromatic carbocycles. The summed E-state index contributed by atoms with van der Waals surface area (Å²) in [5.74, 6) is 0.224.